The molecule has 0 unspecified atom stereocenters. The molecular weight excluding hydrogens is 425 g/mol. The van der Waals surface area contributed by atoms with Crippen LogP contribution in [-0.2, 0) is 16.0 Å². The highest BCUT2D eigenvalue weighted by Crippen LogP contribution is 2.36. The zero-order valence-corrected chi connectivity index (χ0v) is 19.0. The van der Waals surface area contributed by atoms with E-state index in [0.717, 1.165) is 48.6 Å². The van der Waals surface area contributed by atoms with Gasteiger partial charge >= 0.3 is 0 Å². The molecule has 168 valence electrons. The van der Waals surface area contributed by atoms with E-state index < -0.39 is 0 Å². The number of nitrogens with zero attached hydrogens (tertiary/aromatic N) is 2. The van der Waals surface area contributed by atoms with Gasteiger partial charge in [0.25, 0.3) is 0 Å². The Labute approximate surface area is 192 Å². The Morgan fingerprint density at radius 1 is 1.03 bits per heavy atom. The van der Waals surface area contributed by atoms with Crippen LogP contribution in [0.1, 0.15) is 18.4 Å². The second-order valence-electron chi connectivity index (χ2n) is 8.25. The summed E-state index contributed by atoms with van der Waals surface area (Å²) in [5.41, 5.74) is 3.78. The number of ether oxygens (including phenoxy) is 2. The van der Waals surface area contributed by atoms with Gasteiger partial charge in [-0.15, -0.1) is 0 Å². The Bertz CT molecular complexity index is 1070. The number of rotatable bonds is 6. The van der Waals surface area contributed by atoms with Gasteiger partial charge in [0.05, 0.1) is 18.9 Å². The van der Waals surface area contributed by atoms with Crippen molar-refractivity contribution in [3.8, 4) is 11.3 Å². The van der Waals surface area contributed by atoms with E-state index in [1.807, 2.05) is 19.2 Å². The third-order valence-electron chi connectivity index (χ3n) is 6.10. The van der Waals surface area contributed by atoms with Gasteiger partial charge in [-0.3, -0.25) is 3.97 Å². The van der Waals surface area contributed by atoms with Crippen LogP contribution in [0, 0.1) is 5.82 Å². The molecule has 5 nitrogen and oxygen atoms in total. The number of piperidine rings is 1. The van der Waals surface area contributed by atoms with Crippen molar-refractivity contribution in [3.05, 3.63) is 72.2 Å². The van der Waals surface area contributed by atoms with Crippen LogP contribution in [0.2, 0.25) is 0 Å². The average Bonchev–Trinajstić information content (AvgIpc) is 3.42. The molecule has 2 fully saturated rings. The zero-order chi connectivity index (χ0) is 22.0. The molecule has 32 heavy (non-hydrogen) atoms. The molecule has 3 aromatic rings. The molecular formula is C25H28FN3O2S. The molecule has 0 aliphatic carbocycles. The number of hydrogen-bond acceptors (Lipinski definition) is 5. The van der Waals surface area contributed by atoms with Crippen LogP contribution >= 0.6 is 11.9 Å². The second kappa shape index (κ2) is 9.27. The first-order valence-corrected chi connectivity index (χ1v) is 11.9. The molecule has 2 saturated heterocycles. The maximum Gasteiger partial charge on any atom is 0.171 e. The van der Waals surface area contributed by atoms with Gasteiger partial charge in [-0.25, -0.2) is 4.39 Å². The van der Waals surface area contributed by atoms with Crippen LogP contribution in [0.5, 0.6) is 0 Å². The quantitative estimate of drug-likeness (QED) is 0.574. The fraction of sp³-hybridized carbons (Fsp3) is 0.360. The van der Waals surface area contributed by atoms with Gasteiger partial charge in [-0.2, -0.15) is 0 Å². The SMILES string of the molecule is CNCc1cc(-c2ccccc2F)n(Sc2cccc(N3CCC4(CC3)OCCO4)c2)c1. The highest BCUT2D eigenvalue weighted by Gasteiger charge is 2.39. The number of nitrogens with one attached hydrogen (secondary N) is 1. The molecule has 2 aromatic carbocycles. The lowest BCUT2D eigenvalue weighted by Gasteiger charge is -2.38. The highest BCUT2D eigenvalue weighted by atomic mass is 32.2. The van der Waals surface area contributed by atoms with Crippen LogP contribution in [0.3, 0.4) is 0 Å². The lowest BCUT2D eigenvalue weighted by Crippen LogP contribution is -2.45. The van der Waals surface area contributed by atoms with Crippen molar-refractivity contribution in [3.63, 3.8) is 0 Å². The van der Waals surface area contributed by atoms with Crippen molar-refractivity contribution < 1.29 is 13.9 Å². The molecule has 2 aliphatic rings. The first kappa shape index (κ1) is 21.5. The normalized spacial score (nSPS) is 17.9. The van der Waals surface area contributed by atoms with E-state index in [1.54, 1.807) is 18.0 Å². The first-order valence-electron chi connectivity index (χ1n) is 11.1. The van der Waals surface area contributed by atoms with E-state index in [1.165, 1.54) is 11.8 Å². The summed E-state index contributed by atoms with van der Waals surface area (Å²) in [6.07, 6.45) is 3.84. The molecule has 3 heterocycles. The lowest BCUT2D eigenvalue weighted by molar-refractivity contribution is -0.169. The fourth-order valence-corrected chi connectivity index (χ4v) is 5.46. The minimum Gasteiger partial charge on any atom is -0.371 e. The molecule has 7 heteroatoms. The molecule has 2 aliphatic heterocycles. The smallest absolute Gasteiger partial charge is 0.171 e. The van der Waals surface area contributed by atoms with E-state index in [2.05, 4.69) is 50.7 Å². The predicted octanol–water partition coefficient (Wildman–Crippen LogP) is 4.91. The van der Waals surface area contributed by atoms with Crippen molar-refractivity contribution in [1.29, 1.82) is 0 Å². The second-order valence-corrected chi connectivity index (χ2v) is 9.30. The maximum absolute atomic E-state index is 14.6. The number of benzene rings is 2. The summed E-state index contributed by atoms with van der Waals surface area (Å²) in [6, 6.07) is 17.5. The Morgan fingerprint density at radius 3 is 2.56 bits per heavy atom. The van der Waals surface area contributed by atoms with E-state index in [0.29, 0.717) is 18.8 Å². The van der Waals surface area contributed by atoms with Crippen molar-refractivity contribution in [2.24, 2.45) is 0 Å². The fourth-order valence-electron chi connectivity index (χ4n) is 4.48. The minimum atomic E-state index is -0.369. The molecule has 0 saturated carbocycles. The van der Waals surface area contributed by atoms with Crippen LogP contribution < -0.4 is 10.2 Å². The zero-order valence-electron chi connectivity index (χ0n) is 18.2. The average molecular weight is 454 g/mol. The number of anilines is 1. The Balaban J connectivity index is 1.37. The van der Waals surface area contributed by atoms with Gasteiger partial charge in [0, 0.05) is 54.8 Å². The van der Waals surface area contributed by atoms with Crippen molar-refractivity contribution >= 4 is 17.6 Å². The molecule has 5 rings (SSSR count). The maximum atomic E-state index is 14.6. The third-order valence-corrected chi connectivity index (χ3v) is 7.06. The number of halogens is 1. The highest BCUT2D eigenvalue weighted by molar-refractivity contribution is 7.98. The molecule has 0 bridgehead atoms. The summed E-state index contributed by atoms with van der Waals surface area (Å²) in [6.45, 7) is 3.94. The van der Waals surface area contributed by atoms with Gasteiger partial charge in [0.15, 0.2) is 5.79 Å². The van der Waals surface area contributed by atoms with Crippen molar-refractivity contribution in [1.82, 2.24) is 9.29 Å². The summed E-state index contributed by atoms with van der Waals surface area (Å²) in [5, 5.41) is 3.18. The molecule has 1 spiro atoms. The molecule has 1 N–H and O–H groups in total. The summed E-state index contributed by atoms with van der Waals surface area (Å²) in [7, 11) is 1.92. The van der Waals surface area contributed by atoms with Gasteiger partial charge in [-0.1, -0.05) is 18.2 Å². The molecule has 0 radical (unpaired) electrons. The van der Waals surface area contributed by atoms with Gasteiger partial charge in [0.1, 0.15) is 5.82 Å². The third kappa shape index (κ3) is 4.43. The summed E-state index contributed by atoms with van der Waals surface area (Å²) < 4.78 is 28.3. The van der Waals surface area contributed by atoms with E-state index in [9.17, 15) is 4.39 Å². The Morgan fingerprint density at radius 2 is 1.81 bits per heavy atom. The number of hydrogen-bond donors (Lipinski definition) is 1. The van der Waals surface area contributed by atoms with Gasteiger partial charge in [-0.05, 0) is 61.0 Å². The van der Waals surface area contributed by atoms with Crippen molar-refractivity contribution in [2.75, 3.05) is 38.3 Å². The standard InChI is InChI=1S/C25H28FN3O2S/c1-27-17-19-15-24(22-7-2-3-8-23(22)26)29(18-19)32-21-6-4-5-20(16-21)28-11-9-25(10-12-28)30-13-14-31-25/h2-8,15-16,18,27H,9-14,17H2,1H3. The first-order chi connectivity index (χ1) is 15.7. The van der Waals surface area contributed by atoms with Crippen LogP contribution in [0.25, 0.3) is 11.3 Å². The van der Waals surface area contributed by atoms with E-state index in [-0.39, 0.29) is 11.6 Å². The van der Waals surface area contributed by atoms with Gasteiger partial charge < -0.3 is 19.7 Å². The van der Waals surface area contributed by atoms with Crippen LogP contribution in [0.15, 0.2) is 65.7 Å². The summed E-state index contributed by atoms with van der Waals surface area (Å²) in [5.74, 6) is -0.581. The Kier molecular flexibility index (Phi) is 6.24. The lowest BCUT2D eigenvalue weighted by atomic mass is 10.0. The Hall–Kier alpha value is -2.32. The largest absolute Gasteiger partial charge is 0.371 e. The molecule has 0 atom stereocenters. The van der Waals surface area contributed by atoms with Crippen LogP contribution in [0.4, 0.5) is 10.1 Å². The van der Waals surface area contributed by atoms with Crippen molar-refractivity contribution in [2.45, 2.75) is 30.1 Å². The predicted molar refractivity (Wildman–Crippen MR) is 126 cm³/mol. The molecule has 1 aromatic heterocycles. The van der Waals surface area contributed by atoms with E-state index in [4.69, 9.17) is 9.47 Å². The topological polar surface area (TPSA) is 38.7 Å². The van der Waals surface area contributed by atoms with Gasteiger partial charge in [0.2, 0.25) is 0 Å². The minimum absolute atomic E-state index is 0.212. The van der Waals surface area contributed by atoms with Crippen LogP contribution in [-0.4, -0.2) is 43.1 Å². The molecule has 0 amide bonds. The summed E-state index contributed by atoms with van der Waals surface area (Å²) in [4.78, 5) is 3.50. The summed E-state index contributed by atoms with van der Waals surface area (Å²) >= 11 is 1.61. The number of aromatic nitrogens is 1. The monoisotopic (exact) mass is 453 g/mol. The van der Waals surface area contributed by atoms with E-state index >= 15 is 0 Å².